The Morgan fingerprint density at radius 3 is 2.52 bits per heavy atom. The van der Waals surface area contributed by atoms with E-state index in [2.05, 4.69) is 5.32 Å². The Morgan fingerprint density at radius 1 is 1.14 bits per heavy atom. The first-order valence-electron chi connectivity index (χ1n) is 9.98. The fourth-order valence-electron chi connectivity index (χ4n) is 3.31. The average Bonchev–Trinajstić information content (AvgIpc) is 2.68. The van der Waals surface area contributed by atoms with E-state index in [-0.39, 0.29) is 30.4 Å². The van der Waals surface area contributed by atoms with Gasteiger partial charge in [-0.25, -0.2) is 0 Å². The number of carbonyl (C=O) groups excluding carboxylic acids is 2. The predicted octanol–water partition coefficient (Wildman–Crippen LogP) is 3.86. The minimum atomic E-state index is -0.557. The molecule has 3 rings (SSSR count). The zero-order valence-electron chi connectivity index (χ0n) is 17.3. The summed E-state index contributed by atoms with van der Waals surface area (Å²) >= 11 is 0. The minimum absolute atomic E-state index is 0.107. The summed E-state index contributed by atoms with van der Waals surface area (Å²) in [7, 11) is 0. The maximum absolute atomic E-state index is 12.5. The molecule has 1 aliphatic rings. The number of anilines is 1. The molecule has 6 nitrogen and oxygen atoms in total. The molecule has 2 atom stereocenters. The van der Waals surface area contributed by atoms with E-state index in [1.807, 2.05) is 69.3 Å². The quantitative estimate of drug-likeness (QED) is 0.772. The van der Waals surface area contributed by atoms with Gasteiger partial charge in [-0.2, -0.15) is 0 Å². The molecule has 1 N–H and O–H groups in total. The third-order valence-corrected chi connectivity index (χ3v) is 4.77. The first kappa shape index (κ1) is 20.7. The molecule has 0 aliphatic carbocycles. The van der Waals surface area contributed by atoms with Crippen molar-refractivity contribution in [3.63, 3.8) is 0 Å². The van der Waals surface area contributed by atoms with Crippen LogP contribution in [0.15, 0.2) is 48.5 Å². The number of ether oxygens (including phenoxy) is 2. The van der Waals surface area contributed by atoms with Crippen molar-refractivity contribution in [3.8, 4) is 11.5 Å². The van der Waals surface area contributed by atoms with E-state index in [0.717, 1.165) is 11.3 Å². The van der Waals surface area contributed by atoms with Crippen LogP contribution < -0.4 is 19.7 Å². The number of hydrogen-bond donors (Lipinski definition) is 1. The standard InChI is InChI=1S/C23H28N2O4/c1-15(2)28-19-11-9-18(10-12-19)16(3)24-22(26)13-14-25-20-7-5-6-8-21(20)29-17(4)23(25)27/h5-12,15-17H,13-14H2,1-4H3,(H,24,26). The van der Waals surface area contributed by atoms with Crippen molar-refractivity contribution < 1.29 is 19.1 Å². The number of benzene rings is 2. The zero-order chi connectivity index (χ0) is 21.0. The number of hydrogen-bond acceptors (Lipinski definition) is 4. The van der Waals surface area contributed by atoms with E-state index in [4.69, 9.17) is 9.47 Å². The molecule has 1 heterocycles. The number of carbonyl (C=O) groups is 2. The van der Waals surface area contributed by atoms with Crippen LogP contribution in [0.4, 0.5) is 5.69 Å². The molecule has 2 unspecified atom stereocenters. The van der Waals surface area contributed by atoms with E-state index in [1.54, 1.807) is 11.8 Å². The SMILES string of the molecule is CC(C)Oc1ccc(C(C)NC(=O)CCN2C(=O)C(C)Oc3ccccc32)cc1. The van der Waals surface area contributed by atoms with Crippen LogP contribution in [0.25, 0.3) is 0 Å². The lowest BCUT2D eigenvalue weighted by Crippen LogP contribution is -2.45. The second-order valence-corrected chi connectivity index (χ2v) is 7.49. The molecule has 154 valence electrons. The fraction of sp³-hybridized carbons (Fsp3) is 0.391. The molecule has 0 aromatic heterocycles. The molecule has 29 heavy (non-hydrogen) atoms. The van der Waals surface area contributed by atoms with Crippen molar-refractivity contribution in [3.05, 3.63) is 54.1 Å². The number of rotatable bonds is 7. The van der Waals surface area contributed by atoms with E-state index < -0.39 is 6.10 Å². The molecule has 2 amide bonds. The maximum Gasteiger partial charge on any atom is 0.267 e. The molecule has 0 radical (unpaired) electrons. The van der Waals surface area contributed by atoms with Gasteiger partial charge >= 0.3 is 0 Å². The minimum Gasteiger partial charge on any atom is -0.491 e. The summed E-state index contributed by atoms with van der Waals surface area (Å²) in [4.78, 5) is 26.6. The molecule has 0 fully saturated rings. The van der Waals surface area contributed by atoms with Gasteiger partial charge in [-0.15, -0.1) is 0 Å². The van der Waals surface area contributed by atoms with E-state index in [9.17, 15) is 9.59 Å². The third-order valence-electron chi connectivity index (χ3n) is 4.77. The van der Waals surface area contributed by atoms with Crippen LogP contribution >= 0.6 is 0 Å². The largest absolute Gasteiger partial charge is 0.491 e. The van der Waals surface area contributed by atoms with Gasteiger partial charge in [0.05, 0.1) is 17.8 Å². The number of nitrogens with one attached hydrogen (secondary N) is 1. The van der Waals surface area contributed by atoms with Crippen molar-refractivity contribution in [1.82, 2.24) is 5.32 Å². The Kier molecular flexibility index (Phi) is 6.42. The molecular formula is C23H28N2O4. The lowest BCUT2D eigenvalue weighted by Gasteiger charge is -2.32. The van der Waals surface area contributed by atoms with Crippen LogP contribution in [0.2, 0.25) is 0 Å². The normalized spacial score (nSPS) is 16.8. The third kappa shape index (κ3) is 5.08. The summed E-state index contributed by atoms with van der Waals surface area (Å²) in [6, 6.07) is 15.0. The highest BCUT2D eigenvalue weighted by Crippen LogP contribution is 2.33. The van der Waals surface area contributed by atoms with E-state index >= 15 is 0 Å². The lowest BCUT2D eigenvalue weighted by atomic mass is 10.1. The summed E-state index contributed by atoms with van der Waals surface area (Å²) in [5.74, 6) is 1.23. The monoisotopic (exact) mass is 396 g/mol. The Morgan fingerprint density at radius 2 is 1.83 bits per heavy atom. The van der Waals surface area contributed by atoms with Crippen molar-refractivity contribution in [2.45, 2.75) is 52.4 Å². The highest BCUT2D eigenvalue weighted by molar-refractivity contribution is 6.00. The van der Waals surface area contributed by atoms with Crippen LogP contribution in [-0.2, 0) is 9.59 Å². The first-order chi connectivity index (χ1) is 13.8. The lowest BCUT2D eigenvalue weighted by molar-refractivity contribution is -0.125. The number of nitrogens with zero attached hydrogens (tertiary/aromatic N) is 1. The molecular weight excluding hydrogens is 368 g/mol. The Hall–Kier alpha value is -3.02. The summed E-state index contributed by atoms with van der Waals surface area (Å²) in [6.07, 6.45) is -0.224. The van der Waals surface area contributed by atoms with E-state index in [1.165, 1.54) is 0 Å². The maximum atomic E-state index is 12.5. The molecule has 0 bridgehead atoms. The van der Waals surface area contributed by atoms with Gasteiger partial charge in [0, 0.05) is 13.0 Å². The zero-order valence-corrected chi connectivity index (χ0v) is 17.3. The molecule has 0 saturated carbocycles. The smallest absolute Gasteiger partial charge is 0.267 e. The average molecular weight is 396 g/mol. The summed E-state index contributed by atoms with van der Waals surface area (Å²) in [5.41, 5.74) is 1.70. The van der Waals surface area contributed by atoms with Gasteiger partial charge in [0.25, 0.3) is 5.91 Å². The van der Waals surface area contributed by atoms with Crippen molar-refractivity contribution in [2.24, 2.45) is 0 Å². The van der Waals surface area contributed by atoms with Gasteiger partial charge < -0.3 is 19.7 Å². The predicted molar refractivity (Wildman–Crippen MR) is 112 cm³/mol. The van der Waals surface area contributed by atoms with Crippen LogP contribution in [0.1, 0.15) is 45.7 Å². The Balaban J connectivity index is 1.57. The Bertz CT molecular complexity index is 863. The van der Waals surface area contributed by atoms with Gasteiger partial charge in [0.15, 0.2) is 6.10 Å². The number of fused-ring (bicyclic) bond motifs is 1. The van der Waals surface area contributed by atoms with Crippen molar-refractivity contribution in [2.75, 3.05) is 11.4 Å². The topological polar surface area (TPSA) is 67.9 Å². The summed E-state index contributed by atoms with van der Waals surface area (Å²) in [6.45, 7) is 7.93. The number of para-hydroxylation sites is 2. The van der Waals surface area contributed by atoms with Gasteiger partial charge in [0.1, 0.15) is 11.5 Å². The van der Waals surface area contributed by atoms with Gasteiger partial charge in [-0.05, 0) is 57.5 Å². The summed E-state index contributed by atoms with van der Waals surface area (Å²) < 4.78 is 11.3. The fourth-order valence-corrected chi connectivity index (χ4v) is 3.31. The highest BCUT2D eigenvalue weighted by Gasteiger charge is 2.31. The van der Waals surface area contributed by atoms with Crippen LogP contribution in [0.3, 0.4) is 0 Å². The molecule has 2 aromatic carbocycles. The van der Waals surface area contributed by atoms with Crippen LogP contribution in [0.5, 0.6) is 11.5 Å². The molecule has 0 spiro atoms. The highest BCUT2D eigenvalue weighted by atomic mass is 16.5. The molecule has 0 saturated heterocycles. The van der Waals surface area contributed by atoms with Gasteiger partial charge in [-0.3, -0.25) is 9.59 Å². The molecule has 1 aliphatic heterocycles. The summed E-state index contributed by atoms with van der Waals surface area (Å²) in [5, 5.41) is 3.00. The van der Waals surface area contributed by atoms with Crippen molar-refractivity contribution >= 4 is 17.5 Å². The Labute approximate surface area is 171 Å². The molecule has 6 heteroatoms. The van der Waals surface area contributed by atoms with Gasteiger partial charge in [0.2, 0.25) is 5.91 Å². The second-order valence-electron chi connectivity index (χ2n) is 7.49. The second kappa shape index (κ2) is 8.99. The van der Waals surface area contributed by atoms with Crippen molar-refractivity contribution in [1.29, 1.82) is 0 Å². The first-order valence-corrected chi connectivity index (χ1v) is 9.98. The van der Waals surface area contributed by atoms with E-state index in [0.29, 0.717) is 18.0 Å². The van der Waals surface area contributed by atoms with Gasteiger partial charge in [-0.1, -0.05) is 24.3 Å². The molecule has 2 aromatic rings. The number of amides is 2. The van der Waals surface area contributed by atoms with Crippen LogP contribution in [-0.4, -0.2) is 30.6 Å². The van der Waals surface area contributed by atoms with Crippen LogP contribution in [0, 0.1) is 0 Å².